The van der Waals surface area contributed by atoms with Crippen LogP contribution in [0.25, 0.3) is 0 Å². The van der Waals surface area contributed by atoms with Crippen molar-refractivity contribution in [3.8, 4) is 0 Å². The van der Waals surface area contributed by atoms with Crippen LogP contribution in [-0.2, 0) is 9.53 Å². The van der Waals surface area contributed by atoms with Crippen LogP contribution in [0.5, 0.6) is 0 Å². The monoisotopic (exact) mass is 587 g/mol. The number of carbonyl (C=O) groups is 2. The summed E-state index contributed by atoms with van der Waals surface area (Å²) in [6, 6.07) is 0. The van der Waals surface area contributed by atoms with Crippen LogP contribution in [0.4, 0.5) is 4.79 Å². The van der Waals surface area contributed by atoms with E-state index in [2.05, 4.69) is 19.2 Å². The lowest BCUT2D eigenvalue weighted by Gasteiger charge is -2.21. The maximum Gasteiger partial charge on any atom is 0.407 e. The Morgan fingerprint density at radius 1 is 0.610 bits per heavy atom. The van der Waals surface area contributed by atoms with Gasteiger partial charge < -0.3 is 30.5 Å². The molecule has 0 aliphatic carbocycles. The Morgan fingerprint density at radius 3 is 1.34 bits per heavy atom. The van der Waals surface area contributed by atoms with Crippen molar-refractivity contribution < 1.29 is 34.8 Å². The summed E-state index contributed by atoms with van der Waals surface area (Å²) in [5.74, 6) is -0.863. The molecule has 0 aromatic rings. The van der Waals surface area contributed by atoms with Gasteiger partial charge in [0, 0.05) is 0 Å². The SMILES string of the molecule is CCCCCCCCCCCCCCC(CCCCCCCCCCC)OC(=O)NCC(=O)[C@@H](O)[C@H](O)[C@H](O)CO. The minimum atomic E-state index is -1.91. The number of hydrogen-bond acceptors (Lipinski definition) is 7. The molecule has 0 bridgehead atoms. The Balaban J connectivity index is 4.36. The van der Waals surface area contributed by atoms with Gasteiger partial charge in [0.15, 0.2) is 5.78 Å². The van der Waals surface area contributed by atoms with Crippen molar-refractivity contribution in [3.63, 3.8) is 0 Å². The quantitative estimate of drug-likeness (QED) is 0.0587. The fraction of sp³-hybridized carbons (Fsp3) is 0.939. The highest BCUT2D eigenvalue weighted by Gasteiger charge is 2.30. The number of alkyl carbamates (subject to hydrolysis) is 1. The second-order valence-corrected chi connectivity index (χ2v) is 11.8. The lowest BCUT2D eigenvalue weighted by molar-refractivity contribution is -0.139. The molecule has 0 aliphatic rings. The maximum atomic E-state index is 12.4. The van der Waals surface area contributed by atoms with Gasteiger partial charge in [0.2, 0.25) is 0 Å². The summed E-state index contributed by atoms with van der Waals surface area (Å²) in [6.07, 6.45) is 21.6. The number of unbranched alkanes of at least 4 members (excludes halogenated alkanes) is 19. The molecule has 244 valence electrons. The fourth-order valence-corrected chi connectivity index (χ4v) is 5.12. The van der Waals surface area contributed by atoms with Gasteiger partial charge in [0.1, 0.15) is 24.4 Å². The zero-order valence-electron chi connectivity index (χ0n) is 26.5. The van der Waals surface area contributed by atoms with Crippen LogP contribution in [0.1, 0.15) is 162 Å². The predicted octanol–water partition coefficient (Wildman–Crippen LogP) is 6.74. The number of carbonyl (C=O) groups excluding carboxylic acids is 2. The standard InChI is InChI=1S/C33H65NO7/c1-3-5-7-9-11-13-14-15-17-19-21-23-25-28(24-22-20-18-16-12-10-8-6-4-2)41-33(40)34-26-29(36)31(38)32(39)30(37)27-35/h28,30-32,35,37-39H,3-27H2,1-2H3,(H,34,40)/t28?,30-,31-,32-/m1/s1. The number of aliphatic hydroxyl groups excluding tert-OH is 4. The Labute approximate surface area is 251 Å². The van der Waals surface area contributed by atoms with Crippen molar-refractivity contribution in [2.24, 2.45) is 0 Å². The number of amides is 1. The van der Waals surface area contributed by atoms with E-state index in [9.17, 15) is 24.9 Å². The summed E-state index contributed by atoms with van der Waals surface area (Å²) in [5.41, 5.74) is 0. The number of nitrogens with one attached hydrogen (secondary N) is 1. The van der Waals surface area contributed by atoms with E-state index < -0.39 is 43.3 Å². The lowest BCUT2D eigenvalue weighted by atomic mass is 10.0. The first-order chi connectivity index (χ1) is 19.9. The van der Waals surface area contributed by atoms with Gasteiger partial charge in [-0.05, 0) is 25.7 Å². The van der Waals surface area contributed by atoms with E-state index in [1.807, 2.05) is 0 Å². The van der Waals surface area contributed by atoms with E-state index >= 15 is 0 Å². The fourth-order valence-electron chi connectivity index (χ4n) is 5.12. The molecule has 1 unspecified atom stereocenters. The molecule has 0 aromatic carbocycles. The smallest absolute Gasteiger partial charge is 0.407 e. The highest BCUT2D eigenvalue weighted by atomic mass is 16.6. The zero-order chi connectivity index (χ0) is 30.6. The molecule has 0 heterocycles. The van der Waals surface area contributed by atoms with Gasteiger partial charge in [-0.25, -0.2) is 4.79 Å². The molecule has 0 fully saturated rings. The summed E-state index contributed by atoms with van der Waals surface area (Å²) in [7, 11) is 0. The van der Waals surface area contributed by atoms with Gasteiger partial charge in [0.25, 0.3) is 0 Å². The first kappa shape index (κ1) is 39.8. The van der Waals surface area contributed by atoms with Crippen LogP contribution in [0, 0.1) is 0 Å². The molecular formula is C33H65NO7. The van der Waals surface area contributed by atoms with Gasteiger partial charge in [-0.2, -0.15) is 0 Å². The van der Waals surface area contributed by atoms with Crippen molar-refractivity contribution >= 4 is 11.9 Å². The van der Waals surface area contributed by atoms with Crippen molar-refractivity contribution in [3.05, 3.63) is 0 Å². The molecule has 0 aliphatic heterocycles. The molecule has 0 radical (unpaired) electrons. The van der Waals surface area contributed by atoms with Crippen LogP contribution < -0.4 is 5.32 Å². The van der Waals surface area contributed by atoms with Gasteiger partial charge in [-0.15, -0.1) is 0 Å². The van der Waals surface area contributed by atoms with Crippen molar-refractivity contribution in [1.29, 1.82) is 0 Å². The summed E-state index contributed by atoms with van der Waals surface area (Å²) >= 11 is 0. The molecule has 0 spiro atoms. The maximum absolute atomic E-state index is 12.4. The number of Topliss-reactive ketones (excluding diaryl/α,β-unsaturated/α-hetero) is 1. The second kappa shape index (κ2) is 28.9. The minimum absolute atomic E-state index is 0.218. The molecule has 41 heavy (non-hydrogen) atoms. The number of ether oxygens (including phenoxy) is 1. The minimum Gasteiger partial charge on any atom is -0.446 e. The van der Waals surface area contributed by atoms with Gasteiger partial charge in [-0.1, -0.05) is 136 Å². The summed E-state index contributed by atoms with van der Waals surface area (Å²) in [4.78, 5) is 24.5. The molecule has 0 saturated carbocycles. The van der Waals surface area contributed by atoms with Crippen LogP contribution >= 0.6 is 0 Å². The normalized spacial score (nSPS) is 14.4. The summed E-state index contributed by atoms with van der Waals surface area (Å²) < 4.78 is 5.65. The third-order valence-electron chi connectivity index (χ3n) is 7.92. The Kier molecular flexibility index (Phi) is 28.0. The van der Waals surface area contributed by atoms with Crippen LogP contribution in [0.3, 0.4) is 0 Å². The molecular weight excluding hydrogens is 522 g/mol. The molecule has 0 aromatic heterocycles. The zero-order valence-corrected chi connectivity index (χ0v) is 26.5. The van der Waals surface area contributed by atoms with Crippen molar-refractivity contribution in [1.82, 2.24) is 5.32 Å². The second-order valence-electron chi connectivity index (χ2n) is 11.8. The third-order valence-corrected chi connectivity index (χ3v) is 7.92. The van der Waals surface area contributed by atoms with E-state index in [1.165, 1.54) is 109 Å². The predicted molar refractivity (Wildman–Crippen MR) is 166 cm³/mol. The van der Waals surface area contributed by atoms with Crippen LogP contribution in [-0.4, -0.2) is 69.9 Å². The first-order valence-corrected chi connectivity index (χ1v) is 17.0. The third kappa shape index (κ3) is 24.0. The molecule has 0 saturated heterocycles. The average Bonchev–Trinajstić information content (AvgIpc) is 2.98. The molecule has 1 amide bonds. The van der Waals surface area contributed by atoms with E-state index in [4.69, 9.17) is 9.84 Å². The largest absolute Gasteiger partial charge is 0.446 e. The van der Waals surface area contributed by atoms with Crippen molar-refractivity contribution in [2.75, 3.05) is 13.2 Å². The van der Waals surface area contributed by atoms with Crippen molar-refractivity contribution in [2.45, 2.75) is 186 Å². The Hall–Kier alpha value is -1.22. The topological polar surface area (TPSA) is 136 Å². The van der Waals surface area contributed by atoms with E-state index in [1.54, 1.807) is 0 Å². The average molecular weight is 588 g/mol. The molecule has 8 nitrogen and oxygen atoms in total. The number of hydrogen-bond donors (Lipinski definition) is 5. The van der Waals surface area contributed by atoms with E-state index in [-0.39, 0.29) is 6.10 Å². The molecule has 8 heteroatoms. The molecule has 0 rings (SSSR count). The van der Waals surface area contributed by atoms with Crippen LogP contribution in [0.15, 0.2) is 0 Å². The number of rotatable bonds is 30. The number of aliphatic hydroxyl groups is 4. The number of ketones is 1. The molecule has 4 atom stereocenters. The van der Waals surface area contributed by atoms with E-state index in [0.717, 1.165) is 38.5 Å². The Bertz CT molecular complexity index is 604. The van der Waals surface area contributed by atoms with Gasteiger partial charge in [0.05, 0.1) is 13.2 Å². The highest BCUT2D eigenvalue weighted by molar-refractivity contribution is 5.87. The van der Waals surface area contributed by atoms with Gasteiger partial charge in [-0.3, -0.25) is 4.79 Å². The molecule has 5 N–H and O–H groups in total. The van der Waals surface area contributed by atoms with Crippen LogP contribution in [0.2, 0.25) is 0 Å². The summed E-state index contributed by atoms with van der Waals surface area (Å²) in [6.45, 7) is 3.16. The van der Waals surface area contributed by atoms with E-state index in [0.29, 0.717) is 0 Å². The lowest BCUT2D eigenvalue weighted by Crippen LogP contribution is -2.47. The highest BCUT2D eigenvalue weighted by Crippen LogP contribution is 2.18. The Morgan fingerprint density at radius 2 is 0.976 bits per heavy atom. The van der Waals surface area contributed by atoms with Gasteiger partial charge >= 0.3 is 6.09 Å². The first-order valence-electron chi connectivity index (χ1n) is 17.0. The summed E-state index contributed by atoms with van der Waals surface area (Å²) in [5, 5.41) is 40.2.